The number of fused-ring (bicyclic) bond motifs is 1. The average molecular weight is 465 g/mol. The van der Waals surface area contributed by atoms with Crippen LogP contribution in [0.2, 0.25) is 0 Å². The number of nitrogen functional groups attached to an aromatic ring is 1. The van der Waals surface area contributed by atoms with Gasteiger partial charge in [0.1, 0.15) is 18.3 Å². The van der Waals surface area contributed by atoms with Crippen molar-refractivity contribution in [2.75, 3.05) is 18.1 Å². The Morgan fingerprint density at radius 3 is 2.59 bits per heavy atom. The highest BCUT2D eigenvalue weighted by Crippen LogP contribution is 2.30. The number of aromatic nitrogens is 4. The first kappa shape index (κ1) is 22.5. The Bertz CT molecular complexity index is 1210. The number of H-pyrrole nitrogens is 1. The Morgan fingerprint density at radius 2 is 1.94 bits per heavy atom. The third-order valence-electron chi connectivity index (χ3n) is 5.18. The van der Waals surface area contributed by atoms with E-state index in [0.717, 1.165) is 14.0 Å². The lowest BCUT2D eigenvalue weighted by Crippen LogP contribution is -2.37. The zero-order valence-electron chi connectivity index (χ0n) is 16.7. The third kappa shape index (κ3) is 4.05. The zero-order chi connectivity index (χ0) is 23.0. The Hall–Kier alpha value is -2.68. The molecule has 172 valence electrons. The summed E-state index contributed by atoms with van der Waals surface area (Å²) in [5, 5.41) is 40.4. The third-order valence-corrected chi connectivity index (χ3v) is 6.34. The number of hydrogen-bond donors (Lipinski definition) is 6. The first-order chi connectivity index (χ1) is 15.3. The smallest absolute Gasteiger partial charge is 0.332 e. The van der Waals surface area contributed by atoms with Gasteiger partial charge in [-0.25, -0.2) is 9.36 Å². The number of nitrogens with zero attached hydrogens (tertiary/aromatic N) is 3. The molecule has 0 aliphatic carbocycles. The largest absolute Gasteiger partial charge is 0.394 e. The molecule has 1 fully saturated rings. The van der Waals surface area contributed by atoms with Gasteiger partial charge in [-0.2, -0.15) is 4.98 Å². The molecule has 13 heteroatoms. The van der Waals surface area contributed by atoms with E-state index in [1.807, 2.05) is 30.3 Å². The van der Waals surface area contributed by atoms with Crippen LogP contribution in [0.25, 0.3) is 11.2 Å². The van der Waals surface area contributed by atoms with E-state index in [2.05, 4.69) is 9.97 Å². The molecule has 1 aromatic carbocycles. The van der Waals surface area contributed by atoms with Crippen LogP contribution < -0.4 is 17.0 Å². The van der Waals surface area contributed by atoms with E-state index in [4.69, 9.17) is 10.5 Å². The van der Waals surface area contributed by atoms with Gasteiger partial charge in [-0.05, 0) is 12.1 Å². The summed E-state index contributed by atoms with van der Waals surface area (Å²) in [4.78, 5) is 33.1. The normalized spacial score (nSPS) is 24.2. The highest BCUT2D eigenvalue weighted by Gasteiger charge is 2.45. The van der Waals surface area contributed by atoms with Gasteiger partial charge in [-0.1, -0.05) is 18.2 Å². The van der Waals surface area contributed by atoms with E-state index in [0.29, 0.717) is 0 Å². The Morgan fingerprint density at radius 1 is 1.22 bits per heavy atom. The number of hydrogen-bond acceptors (Lipinski definition) is 10. The molecule has 0 amide bonds. The average Bonchev–Trinajstić information content (AvgIpc) is 3.20. The van der Waals surface area contributed by atoms with Crippen LogP contribution in [0.5, 0.6) is 0 Å². The maximum Gasteiger partial charge on any atom is 0.332 e. The molecule has 32 heavy (non-hydrogen) atoms. The highest BCUT2D eigenvalue weighted by molar-refractivity contribution is 7.99. The Kier molecular flexibility index (Phi) is 6.37. The number of nitrogens with one attached hydrogen (secondary N) is 1. The molecule has 12 nitrogen and oxygen atoms in total. The van der Waals surface area contributed by atoms with Crippen LogP contribution in [-0.4, -0.2) is 76.3 Å². The molecule has 0 spiro atoms. The number of rotatable bonds is 7. The first-order valence-electron chi connectivity index (χ1n) is 9.80. The SMILES string of the molecule is Nc1nc2c(c(=O)[nH]1)n(CC(O)CSc1ccccc1)c(=O)n2C1OC(CO)[C@@H](O)[C@H]1O. The Balaban J connectivity index is 1.71. The van der Waals surface area contributed by atoms with Gasteiger partial charge in [0.2, 0.25) is 5.95 Å². The molecule has 0 saturated carbocycles. The van der Waals surface area contributed by atoms with Crippen molar-refractivity contribution in [3.8, 4) is 0 Å². The van der Waals surface area contributed by atoms with Crippen molar-refractivity contribution >= 4 is 28.9 Å². The minimum absolute atomic E-state index is 0.161. The van der Waals surface area contributed by atoms with Gasteiger partial charge >= 0.3 is 5.69 Å². The molecule has 3 heterocycles. The predicted octanol–water partition coefficient (Wildman–Crippen LogP) is -1.77. The van der Waals surface area contributed by atoms with Crippen molar-refractivity contribution < 1.29 is 25.2 Å². The quantitative estimate of drug-likeness (QED) is 0.218. The van der Waals surface area contributed by atoms with Crippen LogP contribution in [0.15, 0.2) is 44.8 Å². The number of aliphatic hydroxyl groups is 4. The fraction of sp³-hybridized carbons (Fsp3) is 0.421. The van der Waals surface area contributed by atoms with E-state index in [9.17, 15) is 30.0 Å². The summed E-state index contributed by atoms with van der Waals surface area (Å²) in [6, 6.07) is 9.37. The number of ether oxygens (including phenoxy) is 1. The molecule has 5 atom stereocenters. The molecular weight excluding hydrogens is 442 g/mol. The highest BCUT2D eigenvalue weighted by atomic mass is 32.2. The van der Waals surface area contributed by atoms with Gasteiger partial charge in [0.15, 0.2) is 17.4 Å². The van der Waals surface area contributed by atoms with Crippen molar-refractivity contribution in [1.82, 2.24) is 19.1 Å². The molecule has 3 aromatic rings. The zero-order valence-corrected chi connectivity index (χ0v) is 17.6. The molecule has 1 aliphatic heterocycles. The van der Waals surface area contributed by atoms with Crippen LogP contribution >= 0.6 is 11.8 Å². The molecule has 1 aliphatic rings. The van der Waals surface area contributed by atoms with Crippen molar-refractivity contribution in [3.05, 3.63) is 51.2 Å². The van der Waals surface area contributed by atoms with E-state index < -0.39 is 48.5 Å². The van der Waals surface area contributed by atoms with Crippen LogP contribution in [0, 0.1) is 0 Å². The fourth-order valence-corrected chi connectivity index (χ4v) is 4.50. The van der Waals surface area contributed by atoms with Gasteiger partial charge in [0, 0.05) is 10.6 Å². The van der Waals surface area contributed by atoms with Gasteiger partial charge in [0.25, 0.3) is 5.56 Å². The number of nitrogens with two attached hydrogens (primary N) is 1. The lowest BCUT2D eigenvalue weighted by atomic mass is 10.1. The monoisotopic (exact) mass is 465 g/mol. The molecule has 7 N–H and O–H groups in total. The van der Waals surface area contributed by atoms with Gasteiger partial charge < -0.3 is 30.9 Å². The summed E-state index contributed by atoms with van der Waals surface area (Å²) < 4.78 is 7.39. The fourth-order valence-electron chi connectivity index (χ4n) is 3.66. The van der Waals surface area contributed by atoms with E-state index in [-0.39, 0.29) is 29.4 Å². The van der Waals surface area contributed by atoms with Crippen LogP contribution in [-0.2, 0) is 11.3 Å². The number of anilines is 1. The summed E-state index contributed by atoms with van der Waals surface area (Å²) in [5.74, 6) is -0.0163. The molecule has 0 radical (unpaired) electrons. The van der Waals surface area contributed by atoms with Gasteiger partial charge in [-0.15, -0.1) is 11.8 Å². The minimum atomic E-state index is -1.57. The van der Waals surface area contributed by atoms with Gasteiger partial charge in [-0.3, -0.25) is 14.3 Å². The minimum Gasteiger partial charge on any atom is -0.394 e. The number of thioether (sulfide) groups is 1. The molecule has 1 saturated heterocycles. The van der Waals surface area contributed by atoms with Crippen LogP contribution in [0.4, 0.5) is 5.95 Å². The lowest BCUT2D eigenvalue weighted by Gasteiger charge is -2.16. The second kappa shape index (κ2) is 9.05. The molecule has 2 aromatic heterocycles. The van der Waals surface area contributed by atoms with Gasteiger partial charge in [0.05, 0.1) is 19.3 Å². The molecule has 3 unspecified atom stereocenters. The number of aliphatic hydroxyl groups excluding tert-OH is 4. The molecule has 0 bridgehead atoms. The van der Waals surface area contributed by atoms with Crippen molar-refractivity contribution in [2.24, 2.45) is 0 Å². The second-order valence-electron chi connectivity index (χ2n) is 7.39. The van der Waals surface area contributed by atoms with Crippen LogP contribution in [0.1, 0.15) is 6.23 Å². The standard InChI is InChI=1S/C19H23N5O7S/c20-18-21-15-12(16(29)22-18)23(6-9(26)8-32-10-4-2-1-3-5-10)19(30)24(15)17-14(28)13(27)11(7-25)31-17/h1-5,9,11,13-14,17,25-28H,6-8H2,(H3,20,21,22,29)/t9?,11?,13-,14-,17?/m1/s1. The summed E-state index contributed by atoms with van der Waals surface area (Å²) in [7, 11) is 0. The summed E-state index contributed by atoms with van der Waals surface area (Å²) in [6.07, 6.45) is -6.57. The lowest BCUT2D eigenvalue weighted by molar-refractivity contribution is -0.0528. The van der Waals surface area contributed by atoms with E-state index in [1.54, 1.807) is 0 Å². The molecular formula is C19H23N5O7S. The summed E-state index contributed by atoms with van der Waals surface area (Å²) >= 11 is 1.38. The summed E-state index contributed by atoms with van der Waals surface area (Å²) in [5.41, 5.74) is 3.81. The molecule has 4 rings (SSSR count). The van der Waals surface area contributed by atoms with Crippen LogP contribution in [0.3, 0.4) is 0 Å². The van der Waals surface area contributed by atoms with E-state index in [1.165, 1.54) is 11.8 Å². The maximum absolute atomic E-state index is 13.2. The van der Waals surface area contributed by atoms with Crippen molar-refractivity contribution in [3.63, 3.8) is 0 Å². The maximum atomic E-state index is 13.2. The van der Waals surface area contributed by atoms with E-state index >= 15 is 0 Å². The second-order valence-corrected chi connectivity index (χ2v) is 8.49. The number of imidazole rings is 1. The topological polar surface area (TPSA) is 189 Å². The number of aromatic amines is 1. The van der Waals surface area contributed by atoms with Crippen molar-refractivity contribution in [2.45, 2.75) is 42.1 Å². The predicted molar refractivity (Wildman–Crippen MR) is 115 cm³/mol. The van der Waals surface area contributed by atoms with Crippen molar-refractivity contribution in [1.29, 1.82) is 0 Å². The summed E-state index contributed by atoms with van der Waals surface area (Å²) in [6.45, 7) is -0.820. The Labute approximate surface area is 184 Å². The number of benzene rings is 1. The first-order valence-corrected chi connectivity index (χ1v) is 10.8.